The van der Waals surface area contributed by atoms with Crippen LogP contribution in [0.15, 0.2) is 48.0 Å². The third kappa shape index (κ3) is 2.62. The Morgan fingerprint density at radius 1 is 1.00 bits per heavy atom. The van der Waals surface area contributed by atoms with Gasteiger partial charge in [-0.05, 0) is 36.6 Å². The van der Waals surface area contributed by atoms with Crippen molar-refractivity contribution in [1.82, 2.24) is 0 Å². The van der Waals surface area contributed by atoms with Crippen molar-refractivity contribution in [1.29, 1.82) is 0 Å². The smallest absolute Gasteiger partial charge is 0.189 e. The van der Waals surface area contributed by atoms with Gasteiger partial charge in [0.15, 0.2) is 5.78 Å². The van der Waals surface area contributed by atoms with Crippen LogP contribution in [0.3, 0.4) is 0 Å². The lowest BCUT2D eigenvalue weighted by atomic mass is 9.86. The van der Waals surface area contributed by atoms with E-state index in [9.17, 15) is 4.79 Å². The molecule has 0 heterocycles. The number of rotatable bonds is 3. The molecule has 2 aromatic rings. The third-order valence-electron chi connectivity index (χ3n) is 3.99. The van der Waals surface area contributed by atoms with Gasteiger partial charge in [-0.25, -0.2) is 0 Å². The molecule has 0 fully saturated rings. The van der Waals surface area contributed by atoms with Crippen LogP contribution in [-0.2, 0) is 6.42 Å². The molecule has 0 N–H and O–H groups in total. The minimum Gasteiger partial charge on any atom is -0.497 e. The Hall–Kier alpha value is -2.55. The van der Waals surface area contributed by atoms with Gasteiger partial charge in [0.1, 0.15) is 11.5 Å². The summed E-state index contributed by atoms with van der Waals surface area (Å²) in [7, 11) is 3.24. The Kier molecular flexibility index (Phi) is 3.96. The maximum atomic E-state index is 12.6. The molecule has 0 aliphatic heterocycles. The summed E-state index contributed by atoms with van der Waals surface area (Å²) in [4.78, 5) is 12.6. The molecule has 2 aromatic carbocycles. The minimum absolute atomic E-state index is 0.111. The van der Waals surface area contributed by atoms with Gasteiger partial charge in [0, 0.05) is 22.8 Å². The van der Waals surface area contributed by atoms with E-state index in [0.29, 0.717) is 5.75 Å². The monoisotopic (exact) mass is 294 g/mol. The lowest BCUT2D eigenvalue weighted by Gasteiger charge is -2.17. The summed E-state index contributed by atoms with van der Waals surface area (Å²) in [5, 5.41) is 0. The molecule has 0 radical (unpaired) electrons. The largest absolute Gasteiger partial charge is 0.497 e. The zero-order valence-electron chi connectivity index (χ0n) is 12.8. The van der Waals surface area contributed by atoms with E-state index in [1.54, 1.807) is 14.2 Å². The number of ether oxygens (including phenoxy) is 2. The first-order valence-corrected chi connectivity index (χ1v) is 7.28. The number of carbonyl (C=O) groups excluding carboxylic acids is 1. The van der Waals surface area contributed by atoms with Crippen LogP contribution in [0.5, 0.6) is 11.5 Å². The molecule has 3 heteroatoms. The summed E-state index contributed by atoms with van der Waals surface area (Å²) < 4.78 is 10.6. The first kappa shape index (κ1) is 14.4. The van der Waals surface area contributed by atoms with Crippen molar-refractivity contribution in [3.63, 3.8) is 0 Å². The number of allylic oxidation sites excluding steroid dienone is 1. The fourth-order valence-corrected chi connectivity index (χ4v) is 2.78. The van der Waals surface area contributed by atoms with Crippen LogP contribution in [0.4, 0.5) is 0 Å². The van der Waals surface area contributed by atoms with E-state index in [0.717, 1.165) is 40.9 Å². The molecule has 0 bridgehead atoms. The van der Waals surface area contributed by atoms with Gasteiger partial charge >= 0.3 is 0 Å². The van der Waals surface area contributed by atoms with Crippen LogP contribution in [0, 0.1) is 0 Å². The molecule has 0 saturated carbocycles. The lowest BCUT2D eigenvalue weighted by Crippen LogP contribution is -2.13. The van der Waals surface area contributed by atoms with Crippen molar-refractivity contribution in [2.24, 2.45) is 0 Å². The van der Waals surface area contributed by atoms with Crippen LogP contribution in [-0.4, -0.2) is 20.0 Å². The molecule has 0 atom stereocenters. The summed E-state index contributed by atoms with van der Waals surface area (Å²) >= 11 is 0. The predicted octanol–water partition coefficient (Wildman–Crippen LogP) is 3.92. The van der Waals surface area contributed by atoms with E-state index in [2.05, 4.69) is 0 Å². The molecule has 0 aromatic heterocycles. The van der Waals surface area contributed by atoms with E-state index >= 15 is 0 Å². The molecule has 3 rings (SSSR count). The van der Waals surface area contributed by atoms with Crippen molar-refractivity contribution in [3.05, 3.63) is 64.7 Å². The van der Waals surface area contributed by atoms with Gasteiger partial charge in [0.2, 0.25) is 0 Å². The zero-order chi connectivity index (χ0) is 15.5. The molecule has 0 saturated heterocycles. The molecule has 3 nitrogen and oxygen atoms in total. The van der Waals surface area contributed by atoms with Crippen LogP contribution in [0.2, 0.25) is 0 Å². The number of hydrogen-bond acceptors (Lipinski definition) is 3. The highest BCUT2D eigenvalue weighted by atomic mass is 16.5. The van der Waals surface area contributed by atoms with Crippen molar-refractivity contribution in [3.8, 4) is 11.5 Å². The molecule has 0 spiro atoms. The summed E-state index contributed by atoms with van der Waals surface area (Å²) in [5.41, 5.74) is 3.66. The summed E-state index contributed by atoms with van der Waals surface area (Å²) in [5.74, 6) is 1.55. The third-order valence-corrected chi connectivity index (χ3v) is 3.99. The molecule has 1 aliphatic carbocycles. The van der Waals surface area contributed by atoms with E-state index in [-0.39, 0.29) is 5.78 Å². The first-order valence-electron chi connectivity index (χ1n) is 7.28. The quantitative estimate of drug-likeness (QED) is 0.805. The van der Waals surface area contributed by atoms with Gasteiger partial charge in [-0.3, -0.25) is 4.79 Å². The van der Waals surface area contributed by atoms with E-state index in [1.165, 1.54) is 0 Å². The van der Waals surface area contributed by atoms with E-state index < -0.39 is 0 Å². The maximum absolute atomic E-state index is 12.6. The number of carbonyl (C=O) groups is 1. The maximum Gasteiger partial charge on any atom is 0.189 e. The molecule has 0 amide bonds. The lowest BCUT2D eigenvalue weighted by molar-refractivity contribution is 0.102. The summed E-state index contributed by atoms with van der Waals surface area (Å²) in [6.07, 6.45) is 3.58. The zero-order valence-corrected chi connectivity index (χ0v) is 12.8. The average molecular weight is 294 g/mol. The number of fused-ring (bicyclic) bond motifs is 1. The number of Topliss-reactive ketones (excluding diaryl/α,β-unsaturated/α-hetero) is 1. The summed E-state index contributed by atoms with van der Waals surface area (Å²) in [6.45, 7) is 0. The predicted molar refractivity (Wildman–Crippen MR) is 86.6 cm³/mol. The molecule has 112 valence electrons. The van der Waals surface area contributed by atoms with Crippen LogP contribution in [0.25, 0.3) is 6.08 Å². The topological polar surface area (TPSA) is 35.5 Å². The summed E-state index contributed by atoms with van der Waals surface area (Å²) in [6, 6.07) is 13.4. The van der Waals surface area contributed by atoms with Crippen molar-refractivity contribution < 1.29 is 14.3 Å². The van der Waals surface area contributed by atoms with Gasteiger partial charge in [0.05, 0.1) is 14.2 Å². The average Bonchev–Trinajstić information content (AvgIpc) is 2.58. The van der Waals surface area contributed by atoms with E-state index in [4.69, 9.17) is 9.47 Å². The van der Waals surface area contributed by atoms with Crippen molar-refractivity contribution in [2.45, 2.75) is 12.8 Å². The Morgan fingerprint density at radius 2 is 1.82 bits per heavy atom. The molecule has 22 heavy (non-hydrogen) atoms. The van der Waals surface area contributed by atoms with Gasteiger partial charge in [-0.15, -0.1) is 0 Å². The number of benzene rings is 2. The molecule has 1 aliphatic rings. The molecular formula is C19H18O3. The fraction of sp³-hybridized carbons (Fsp3) is 0.211. The molecular weight excluding hydrogens is 276 g/mol. The van der Waals surface area contributed by atoms with Gasteiger partial charge < -0.3 is 9.47 Å². The van der Waals surface area contributed by atoms with Crippen molar-refractivity contribution >= 4 is 11.9 Å². The Balaban J connectivity index is 1.98. The first-order chi connectivity index (χ1) is 10.7. The normalized spacial score (nSPS) is 15.5. The second kappa shape index (κ2) is 6.06. The number of aryl methyl sites for hydroxylation is 1. The Labute approximate surface area is 130 Å². The van der Waals surface area contributed by atoms with Gasteiger partial charge in [0.25, 0.3) is 0 Å². The minimum atomic E-state index is 0.111. The molecule has 0 unspecified atom stereocenters. The fourth-order valence-electron chi connectivity index (χ4n) is 2.78. The Morgan fingerprint density at radius 3 is 2.59 bits per heavy atom. The number of hydrogen-bond donors (Lipinski definition) is 0. The van der Waals surface area contributed by atoms with Crippen LogP contribution >= 0.6 is 0 Å². The SMILES string of the molecule is COc1ccc(/C=C2/CCc3ccccc3C2=O)c(OC)c1. The number of methoxy groups -OCH3 is 2. The number of ketones is 1. The second-order valence-corrected chi connectivity index (χ2v) is 5.26. The van der Waals surface area contributed by atoms with Gasteiger partial charge in [-0.1, -0.05) is 24.3 Å². The highest BCUT2D eigenvalue weighted by Gasteiger charge is 2.21. The second-order valence-electron chi connectivity index (χ2n) is 5.26. The van der Waals surface area contributed by atoms with Crippen molar-refractivity contribution in [2.75, 3.05) is 14.2 Å². The van der Waals surface area contributed by atoms with Gasteiger partial charge in [-0.2, -0.15) is 0 Å². The standard InChI is InChI=1S/C19H18O3/c1-21-16-10-9-14(18(12-16)22-2)11-15-8-7-13-5-3-4-6-17(13)19(15)20/h3-6,9-12H,7-8H2,1-2H3/b15-11-. The van der Waals surface area contributed by atoms with E-state index in [1.807, 2.05) is 48.5 Å². The van der Waals surface area contributed by atoms with Crippen LogP contribution in [0.1, 0.15) is 27.9 Å². The highest BCUT2D eigenvalue weighted by Crippen LogP contribution is 2.30. The van der Waals surface area contributed by atoms with Crippen LogP contribution < -0.4 is 9.47 Å². The highest BCUT2D eigenvalue weighted by molar-refractivity contribution is 6.13. The Bertz CT molecular complexity index is 744.